The van der Waals surface area contributed by atoms with Gasteiger partial charge in [0, 0.05) is 6.42 Å². The van der Waals surface area contributed by atoms with Crippen molar-refractivity contribution < 1.29 is 65.0 Å². The first kappa shape index (κ1) is 31.0. The first-order chi connectivity index (χ1) is 15.5. The Hall–Kier alpha value is -0.220. The fourth-order valence-electron chi connectivity index (χ4n) is 8.95. The Morgan fingerprint density at radius 2 is 1.74 bits per heavy atom. The maximum absolute atomic E-state index is 12.0. The van der Waals surface area contributed by atoms with Crippen LogP contribution in [-0.4, -0.2) is 57.5 Å². The normalized spacial score (nSPS) is 45.0. The summed E-state index contributed by atoms with van der Waals surface area (Å²) in [7, 11) is 0. The molecule has 4 unspecified atom stereocenters. The van der Waals surface area contributed by atoms with Gasteiger partial charge >= 0.3 is 29.6 Å². The molecule has 4 fully saturated rings. The average molecular weight is 506 g/mol. The van der Waals surface area contributed by atoms with E-state index in [-0.39, 0.29) is 100.0 Å². The van der Waals surface area contributed by atoms with Gasteiger partial charge < -0.3 is 36.0 Å². The van der Waals surface area contributed by atoms with Gasteiger partial charge in [0.1, 0.15) is 0 Å². The van der Waals surface area contributed by atoms with Crippen LogP contribution in [0.2, 0.25) is 0 Å². The number of aliphatic carboxylic acids is 1. The van der Waals surface area contributed by atoms with E-state index >= 15 is 0 Å². The van der Waals surface area contributed by atoms with E-state index < -0.39 is 18.6 Å². The van der Waals surface area contributed by atoms with E-state index in [9.17, 15) is 30.0 Å². The van der Waals surface area contributed by atoms with Crippen LogP contribution in [0.5, 0.6) is 0 Å². The SMILES string of the molecule is C[C@H](CCC(=O)NCC(=O)[O-])[C@H]1CCC2C3C(C[C@H](O)[C@@]21C)[C@@]1(C)CC[C@@H](O)CC1C[C@H]3O.O.[Na+]. The van der Waals surface area contributed by atoms with Gasteiger partial charge in [-0.1, -0.05) is 20.8 Å². The molecule has 1 amide bonds. The van der Waals surface area contributed by atoms with Gasteiger partial charge in [-0.25, -0.2) is 0 Å². The Labute approximate surface area is 231 Å². The van der Waals surface area contributed by atoms with Crippen molar-refractivity contribution in [2.75, 3.05) is 6.54 Å². The van der Waals surface area contributed by atoms with Crippen LogP contribution in [0.3, 0.4) is 0 Å². The second kappa shape index (κ2) is 11.7. The zero-order valence-electron chi connectivity index (χ0n) is 21.8. The number of carbonyl (C=O) groups is 2. The van der Waals surface area contributed by atoms with Crippen molar-refractivity contribution in [3.8, 4) is 0 Å². The summed E-state index contributed by atoms with van der Waals surface area (Å²) in [4.78, 5) is 22.6. The van der Waals surface area contributed by atoms with Gasteiger partial charge in [-0.3, -0.25) is 4.79 Å². The Balaban J connectivity index is 0.00000216. The summed E-state index contributed by atoms with van der Waals surface area (Å²) in [5, 5.41) is 46.1. The third kappa shape index (κ3) is 5.50. The molecule has 11 atom stereocenters. The van der Waals surface area contributed by atoms with Crippen LogP contribution < -0.4 is 40.0 Å². The summed E-state index contributed by atoms with van der Waals surface area (Å²) in [5.41, 5.74) is -0.230. The number of carboxylic acid groups (broad SMARTS) is 1. The molecule has 0 spiro atoms. The van der Waals surface area contributed by atoms with E-state index in [0.29, 0.717) is 18.8 Å². The zero-order valence-corrected chi connectivity index (χ0v) is 23.8. The molecule has 0 aromatic rings. The van der Waals surface area contributed by atoms with Crippen LogP contribution >= 0.6 is 0 Å². The quantitative estimate of drug-likeness (QED) is 0.290. The smallest absolute Gasteiger partial charge is 0.548 e. The monoisotopic (exact) mass is 505 g/mol. The average Bonchev–Trinajstić information content (AvgIpc) is 3.11. The number of hydrogen-bond donors (Lipinski definition) is 4. The van der Waals surface area contributed by atoms with Crippen LogP contribution in [0.25, 0.3) is 0 Å². The van der Waals surface area contributed by atoms with Gasteiger partial charge in [0.05, 0.1) is 30.8 Å². The third-order valence-electron chi connectivity index (χ3n) is 10.8. The number of rotatable bonds is 6. The van der Waals surface area contributed by atoms with Crippen molar-refractivity contribution in [1.82, 2.24) is 5.32 Å². The van der Waals surface area contributed by atoms with E-state index in [4.69, 9.17) is 0 Å². The van der Waals surface area contributed by atoms with Crippen LogP contribution in [0.4, 0.5) is 0 Å². The molecule has 4 aliphatic carbocycles. The molecule has 0 radical (unpaired) electrons. The number of nitrogens with one attached hydrogen (secondary N) is 1. The van der Waals surface area contributed by atoms with Crippen LogP contribution in [0.1, 0.15) is 78.6 Å². The minimum atomic E-state index is -1.29. The molecule has 196 valence electrons. The predicted molar refractivity (Wildman–Crippen MR) is 124 cm³/mol. The largest absolute Gasteiger partial charge is 1.00 e. The molecule has 8 nitrogen and oxygen atoms in total. The maximum Gasteiger partial charge on any atom is 1.00 e. The van der Waals surface area contributed by atoms with E-state index in [1.165, 1.54) is 0 Å². The number of aliphatic hydroxyl groups excluding tert-OH is 3. The molecule has 0 bridgehead atoms. The second-order valence-electron chi connectivity index (χ2n) is 12.2. The molecule has 4 rings (SSSR count). The maximum atomic E-state index is 12.0. The summed E-state index contributed by atoms with van der Waals surface area (Å²) in [6, 6.07) is 0. The summed E-state index contributed by atoms with van der Waals surface area (Å²) < 4.78 is 0. The van der Waals surface area contributed by atoms with E-state index in [1.54, 1.807) is 0 Å². The van der Waals surface area contributed by atoms with Crippen molar-refractivity contribution in [1.29, 1.82) is 0 Å². The predicted octanol–water partition coefficient (Wildman–Crippen LogP) is -2.59. The van der Waals surface area contributed by atoms with Gasteiger partial charge in [-0.15, -0.1) is 0 Å². The first-order valence-corrected chi connectivity index (χ1v) is 13.0. The van der Waals surface area contributed by atoms with Crippen LogP contribution in [0, 0.1) is 46.3 Å². The van der Waals surface area contributed by atoms with Crippen LogP contribution in [0.15, 0.2) is 0 Å². The minimum Gasteiger partial charge on any atom is -0.548 e. The fraction of sp³-hybridized carbons (Fsp3) is 0.923. The van der Waals surface area contributed by atoms with Gasteiger partial charge in [-0.05, 0) is 97.7 Å². The van der Waals surface area contributed by atoms with Crippen molar-refractivity contribution in [3.05, 3.63) is 0 Å². The molecule has 0 aromatic carbocycles. The molecule has 0 aliphatic heterocycles. The molecule has 35 heavy (non-hydrogen) atoms. The molecular weight excluding hydrogens is 461 g/mol. The molecule has 0 saturated heterocycles. The summed E-state index contributed by atoms with van der Waals surface area (Å²) >= 11 is 0. The van der Waals surface area contributed by atoms with Gasteiger partial charge in [-0.2, -0.15) is 0 Å². The summed E-state index contributed by atoms with van der Waals surface area (Å²) in [5.74, 6) is -0.0789. The molecule has 9 heteroatoms. The Morgan fingerprint density at radius 1 is 1.06 bits per heavy atom. The molecule has 4 aliphatic rings. The summed E-state index contributed by atoms with van der Waals surface area (Å²) in [6.45, 7) is 6.21. The molecule has 4 saturated carbocycles. The first-order valence-electron chi connectivity index (χ1n) is 13.0. The van der Waals surface area contributed by atoms with E-state index in [2.05, 4.69) is 26.1 Å². The third-order valence-corrected chi connectivity index (χ3v) is 10.8. The number of aliphatic hydroxyl groups is 3. The van der Waals surface area contributed by atoms with E-state index in [1.807, 2.05) is 0 Å². The number of amides is 1. The molecule has 0 heterocycles. The van der Waals surface area contributed by atoms with Gasteiger partial charge in [0.25, 0.3) is 0 Å². The Morgan fingerprint density at radius 3 is 2.40 bits per heavy atom. The Bertz CT molecular complexity index is 768. The molecular formula is C26H44NNaO7. The molecule has 0 aromatic heterocycles. The molecule has 6 N–H and O–H groups in total. The number of carbonyl (C=O) groups excluding carboxylic acids is 2. The number of hydrogen-bond acceptors (Lipinski definition) is 6. The van der Waals surface area contributed by atoms with Gasteiger partial charge in [0.15, 0.2) is 0 Å². The van der Waals surface area contributed by atoms with Crippen molar-refractivity contribution in [2.24, 2.45) is 46.3 Å². The standard InChI is InChI=1S/C26H43NO6.Na.H2O/c1-14(4-7-22(31)27-13-23(32)33)17-5-6-18-24-19(12-21(30)26(17,18)3)25(2)9-8-16(28)10-15(25)11-20(24)29;;/h14-21,24,28-30H,4-13H2,1-3H3,(H,27,31)(H,32,33);;1H2/q;+1;/p-1/t14-,15?,16-,17-,18?,19?,20-,21+,24?,25+,26-;;/m1../s1. The number of fused-ring (bicyclic) bond motifs is 5. The fourth-order valence-corrected chi connectivity index (χ4v) is 8.95. The van der Waals surface area contributed by atoms with Crippen molar-refractivity contribution in [2.45, 2.75) is 96.9 Å². The van der Waals surface area contributed by atoms with Crippen LogP contribution in [-0.2, 0) is 9.59 Å². The Kier molecular flexibility index (Phi) is 10.3. The second-order valence-corrected chi connectivity index (χ2v) is 12.2. The van der Waals surface area contributed by atoms with Gasteiger partial charge in [0.2, 0.25) is 5.91 Å². The minimum absolute atomic E-state index is 0. The van der Waals surface area contributed by atoms with Crippen molar-refractivity contribution >= 4 is 11.9 Å². The summed E-state index contributed by atoms with van der Waals surface area (Å²) in [6.07, 6.45) is 5.75. The number of carboxylic acids is 1. The van der Waals surface area contributed by atoms with Crippen molar-refractivity contribution in [3.63, 3.8) is 0 Å². The topological polar surface area (TPSA) is 161 Å². The van der Waals surface area contributed by atoms with E-state index in [0.717, 1.165) is 38.5 Å². The zero-order chi connectivity index (χ0) is 24.1.